The molecule has 0 saturated carbocycles. The lowest BCUT2D eigenvalue weighted by molar-refractivity contribution is 0.242. The first-order valence-electron chi connectivity index (χ1n) is 5.18. The van der Waals surface area contributed by atoms with Crippen molar-refractivity contribution in [2.75, 3.05) is 13.2 Å². The molecule has 0 rings (SSSR count). The molecule has 0 aromatic heterocycles. The second-order valence-electron chi connectivity index (χ2n) is 3.08. The minimum absolute atomic E-state index is 0.507. The predicted molar refractivity (Wildman–Crippen MR) is 56.8 cm³/mol. The van der Waals surface area contributed by atoms with E-state index in [2.05, 4.69) is 18.8 Å². The van der Waals surface area contributed by atoms with E-state index >= 15 is 0 Å². The van der Waals surface area contributed by atoms with E-state index in [1.807, 2.05) is 6.26 Å². The minimum atomic E-state index is 0.507. The van der Waals surface area contributed by atoms with E-state index in [1.165, 1.54) is 11.7 Å². The van der Waals surface area contributed by atoms with Crippen molar-refractivity contribution >= 4 is 6.08 Å². The second-order valence-corrected chi connectivity index (χ2v) is 3.08. The average molecular weight is 197 g/mol. The molecule has 0 aliphatic carbocycles. The average Bonchev–Trinajstić information content (AvgIpc) is 2.21. The van der Waals surface area contributed by atoms with Crippen LogP contribution in [0, 0.1) is 0 Å². The molecule has 80 valence electrons. The van der Waals surface area contributed by atoms with Crippen molar-refractivity contribution in [1.82, 2.24) is 0 Å². The van der Waals surface area contributed by atoms with E-state index in [-0.39, 0.29) is 0 Å². The number of hydrogen-bond donors (Lipinski definition) is 0. The zero-order valence-corrected chi connectivity index (χ0v) is 9.08. The Bertz CT molecular complexity index is 205. The van der Waals surface area contributed by atoms with Crippen LogP contribution in [-0.2, 0) is 9.53 Å². The van der Waals surface area contributed by atoms with Crippen molar-refractivity contribution in [3.05, 3.63) is 11.8 Å². The summed E-state index contributed by atoms with van der Waals surface area (Å²) in [5, 5.41) is 0. The van der Waals surface area contributed by atoms with Gasteiger partial charge in [0, 0.05) is 6.42 Å². The minimum Gasteiger partial charge on any atom is -0.501 e. The summed E-state index contributed by atoms with van der Waals surface area (Å²) in [6, 6.07) is 0. The molecule has 0 aromatic rings. The van der Waals surface area contributed by atoms with Crippen LogP contribution >= 0.6 is 0 Å². The quantitative estimate of drug-likeness (QED) is 0.260. The van der Waals surface area contributed by atoms with Gasteiger partial charge >= 0.3 is 0 Å². The number of hydrogen-bond acceptors (Lipinski definition) is 3. The van der Waals surface area contributed by atoms with E-state index in [9.17, 15) is 4.79 Å². The molecule has 0 fully saturated rings. The summed E-state index contributed by atoms with van der Waals surface area (Å²) in [5.74, 6) is 0. The topological polar surface area (TPSA) is 38.7 Å². The maximum absolute atomic E-state index is 9.73. The summed E-state index contributed by atoms with van der Waals surface area (Å²) in [5.41, 5.74) is 1.34. The van der Waals surface area contributed by atoms with Gasteiger partial charge in [0.25, 0.3) is 0 Å². The Hall–Kier alpha value is -1.08. The lowest BCUT2D eigenvalue weighted by Gasteiger charge is -2.03. The van der Waals surface area contributed by atoms with Crippen LogP contribution in [0.3, 0.4) is 0 Å². The molecule has 0 saturated heterocycles. The highest BCUT2D eigenvalue weighted by Crippen LogP contribution is 2.08. The van der Waals surface area contributed by atoms with Crippen LogP contribution < -0.4 is 0 Å². The molecule has 14 heavy (non-hydrogen) atoms. The zero-order chi connectivity index (χ0) is 10.6. The molecule has 0 bridgehead atoms. The molecule has 3 heteroatoms. The lowest BCUT2D eigenvalue weighted by atomic mass is 10.1. The highest BCUT2D eigenvalue weighted by atomic mass is 16.5. The molecule has 0 N–H and O–H groups in total. The summed E-state index contributed by atoms with van der Waals surface area (Å²) in [7, 11) is 0. The third kappa shape index (κ3) is 7.56. The van der Waals surface area contributed by atoms with Gasteiger partial charge in [0.2, 0.25) is 6.08 Å². The van der Waals surface area contributed by atoms with Gasteiger partial charge in [-0.2, -0.15) is 0 Å². The van der Waals surface area contributed by atoms with Crippen LogP contribution in [0.4, 0.5) is 0 Å². The van der Waals surface area contributed by atoms with Gasteiger partial charge in [-0.1, -0.05) is 20.3 Å². The van der Waals surface area contributed by atoms with Crippen LogP contribution in [0.2, 0.25) is 0 Å². The van der Waals surface area contributed by atoms with Gasteiger partial charge in [0.15, 0.2) is 0 Å². The largest absolute Gasteiger partial charge is 0.501 e. The summed E-state index contributed by atoms with van der Waals surface area (Å²) >= 11 is 0. The van der Waals surface area contributed by atoms with E-state index in [0.29, 0.717) is 13.2 Å². The Morgan fingerprint density at radius 3 is 2.86 bits per heavy atom. The third-order valence-electron chi connectivity index (χ3n) is 1.87. The van der Waals surface area contributed by atoms with Crippen molar-refractivity contribution < 1.29 is 9.53 Å². The molecule has 0 unspecified atom stereocenters. The number of ether oxygens (including phenoxy) is 1. The van der Waals surface area contributed by atoms with Crippen molar-refractivity contribution in [3.63, 3.8) is 0 Å². The van der Waals surface area contributed by atoms with E-state index in [1.54, 1.807) is 0 Å². The third-order valence-corrected chi connectivity index (χ3v) is 1.87. The molecule has 0 radical (unpaired) electrons. The molecule has 0 aliphatic heterocycles. The van der Waals surface area contributed by atoms with Gasteiger partial charge in [0.1, 0.15) is 0 Å². The fraction of sp³-hybridized carbons (Fsp3) is 0.727. The highest BCUT2D eigenvalue weighted by molar-refractivity contribution is 5.32. The molecular formula is C11H19NO2. The molecule has 0 heterocycles. The Balaban J connectivity index is 3.51. The summed E-state index contributed by atoms with van der Waals surface area (Å²) in [6.07, 6.45) is 7.41. The molecular weight excluding hydrogens is 178 g/mol. The fourth-order valence-corrected chi connectivity index (χ4v) is 1.09. The van der Waals surface area contributed by atoms with Gasteiger partial charge in [-0.3, -0.25) is 0 Å². The molecule has 0 aliphatic rings. The van der Waals surface area contributed by atoms with Crippen molar-refractivity contribution in [1.29, 1.82) is 0 Å². The lowest BCUT2D eigenvalue weighted by Crippen LogP contribution is -1.92. The van der Waals surface area contributed by atoms with E-state index in [0.717, 1.165) is 25.7 Å². The maximum Gasteiger partial charge on any atom is 0.234 e. The molecule has 0 atom stereocenters. The first-order valence-corrected chi connectivity index (χ1v) is 5.18. The number of isocyanates is 1. The van der Waals surface area contributed by atoms with Crippen molar-refractivity contribution in [2.45, 2.75) is 39.5 Å². The number of allylic oxidation sites excluding steroid dienone is 1. The van der Waals surface area contributed by atoms with Crippen LogP contribution in [0.25, 0.3) is 0 Å². The van der Waals surface area contributed by atoms with Gasteiger partial charge in [-0.25, -0.2) is 9.79 Å². The Morgan fingerprint density at radius 2 is 2.29 bits per heavy atom. The first kappa shape index (κ1) is 12.9. The van der Waals surface area contributed by atoms with E-state index in [4.69, 9.17) is 4.74 Å². The molecule has 3 nitrogen and oxygen atoms in total. The summed E-state index contributed by atoms with van der Waals surface area (Å²) < 4.78 is 5.33. The highest BCUT2D eigenvalue weighted by Gasteiger charge is 1.92. The fourth-order valence-electron chi connectivity index (χ4n) is 1.09. The molecule has 0 aromatic carbocycles. The van der Waals surface area contributed by atoms with Crippen LogP contribution in [-0.4, -0.2) is 19.2 Å². The molecule has 0 amide bonds. The number of aliphatic imine (C=N–C) groups is 1. The van der Waals surface area contributed by atoms with Gasteiger partial charge < -0.3 is 4.74 Å². The second kappa shape index (κ2) is 10.0. The van der Waals surface area contributed by atoms with Gasteiger partial charge in [-0.05, 0) is 18.4 Å². The van der Waals surface area contributed by atoms with Crippen molar-refractivity contribution in [2.24, 2.45) is 4.99 Å². The van der Waals surface area contributed by atoms with Gasteiger partial charge in [0.05, 0.1) is 19.4 Å². The predicted octanol–water partition coefficient (Wildman–Crippen LogP) is 2.82. The van der Waals surface area contributed by atoms with Crippen LogP contribution in [0.15, 0.2) is 16.8 Å². The molecule has 0 spiro atoms. The normalized spacial score (nSPS) is 10.9. The zero-order valence-electron chi connectivity index (χ0n) is 9.08. The number of rotatable bonds is 8. The summed E-state index contributed by atoms with van der Waals surface area (Å²) in [6.45, 7) is 5.41. The summed E-state index contributed by atoms with van der Waals surface area (Å²) in [4.78, 5) is 13.2. The van der Waals surface area contributed by atoms with Crippen LogP contribution in [0.5, 0.6) is 0 Å². The standard InChI is InChI=1S/C11H19NO2/c1-3-6-11(4-2)9-14-8-5-7-12-10-13/h9H,3-8H2,1-2H3. The van der Waals surface area contributed by atoms with Crippen LogP contribution in [0.1, 0.15) is 39.5 Å². The van der Waals surface area contributed by atoms with E-state index < -0.39 is 0 Å². The number of nitrogens with zero attached hydrogens (tertiary/aromatic N) is 1. The first-order chi connectivity index (χ1) is 6.85. The number of carbonyl (C=O) groups excluding carboxylic acids is 1. The van der Waals surface area contributed by atoms with Crippen molar-refractivity contribution in [3.8, 4) is 0 Å². The Kier molecular flexibility index (Phi) is 9.23. The smallest absolute Gasteiger partial charge is 0.234 e. The Morgan fingerprint density at radius 1 is 1.50 bits per heavy atom. The maximum atomic E-state index is 9.73. The SMILES string of the molecule is CCCC(=COCCCN=C=O)CC. The Labute approximate surface area is 85.9 Å². The monoisotopic (exact) mass is 197 g/mol. The van der Waals surface area contributed by atoms with Gasteiger partial charge in [-0.15, -0.1) is 0 Å².